The molecule has 0 saturated heterocycles. The summed E-state index contributed by atoms with van der Waals surface area (Å²) in [5.41, 5.74) is 0. The molecule has 3 nitrogen and oxygen atoms in total. The van der Waals surface area contributed by atoms with Crippen LogP contribution in [0.25, 0.3) is 0 Å². The zero-order valence-corrected chi connectivity index (χ0v) is 10.9. The minimum atomic E-state index is 0.564. The molecule has 0 N–H and O–H groups in total. The minimum absolute atomic E-state index is 0.564. The molecule has 0 atom stereocenters. The second kappa shape index (κ2) is 7.26. The van der Waals surface area contributed by atoms with E-state index in [2.05, 4.69) is 26.9 Å². The molecule has 0 aliphatic rings. The Morgan fingerprint density at radius 3 is 2.62 bits per heavy atom. The molecular weight excluding hydrogens is 268 g/mol. The Bertz CT molecular complexity index is 345. The molecule has 1 rings (SSSR count). The van der Waals surface area contributed by atoms with Gasteiger partial charge in [-0.25, -0.2) is 0 Å². The van der Waals surface area contributed by atoms with Crippen molar-refractivity contribution in [3.8, 4) is 11.8 Å². The van der Waals surface area contributed by atoms with Crippen LogP contribution in [0, 0.1) is 11.3 Å². The van der Waals surface area contributed by atoms with Gasteiger partial charge in [0.25, 0.3) is 0 Å². The van der Waals surface area contributed by atoms with E-state index in [1.165, 1.54) is 0 Å². The summed E-state index contributed by atoms with van der Waals surface area (Å²) in [6.07, 6.45) is 0.564. The first kappa shape index (κ1) is 13.0. The number of hydrogen-bond acceptors (Lipinski definition) is 3. The summed E-state index contributed by atoms with van der Waals surface area (Å²) >= 11 is 3.37. The zero-order chi connectivity index (χ0) is 11.8. The van der Waals surface area contributed by atoms with Crippen molar-refractivity contribution in [3.63, 3.8) is 0 Å². The van der Waals surface area contributed by atoms with Crippen molar-refractivity contribution in [2.75, 3.05) is 26.7 Å². The second-order valence-corrected chi connectivity index (χ2v) is 4.43. The predicted molar refractivity (Wildman–Crippen MR) is 67.4 cm³/mol. The highest BCUT2D eigenvalue weighted by molar-refractivity contribution is 9.10. The fourth-order valence-corrected chi connectivity index (χ4v) is 1.47. The quantitative estimate of drug-likeness (QED) is 0.805. The van der Waals surface area contributed by atoms with E-state index in [1.807, 2.05) is 31.3 Å². The average molecular weight is 283 g/mol. The zero-order valence-electron chi connectivity index (χ0n) is 9.32. The van der Waals surface area contributed by atoms with Gasteiger partial charge in [-0.2, -0.15) is 5.26 Å². The molecule has 16 heavy (non-hydrogen) atoms. The largest absolute Gasteiger partial charge is 0.492 e. The van der Waals surface area contributed by atoms with Gasteiger partial charge in [0.1, 0.15) is 12.4 Å². The standard InChI is InChI=1S/C12H15BrN2O/c1-15(8-2-7-14)9-10-16-12-5-3-11(13)4-6-12/h3-6H,2,8-10H2,1H3. The first-order valence-corrected chi connectivity index (χ1v) is 5.95. The molecular formula is C12H15BrN2O. The number of nitrogens with zero attached hydrogens (tertiary/aromatic N) is 2. The average Bonchev–Trinajstić information content (AvgIpc) is 2.29. The van der Waals surface area contributed by atoms with Crippen LogP contribution in [-0.4, -0.2) is 31.6 Å². The molecule has 0 heterocycles. The Labute approximate surface area is 105 Å². The summed E-state index contributed by atoms with van der Waals surface area (Å²) in [5.74, 6) is 0.872. The third kappa shape index (κ3) is 5.15. The van der Waals surface area contributed by atoms with E-state index in [1.54, 1.807) is 0 Å². The van der Waals surface area contributed by atoms with Gasteiger partial charge < -0.3 is 9.64 Å². The molecule has 0 aliphatic heterocycles. The van der Waals surface area contributed by atoms with E-state index in [0.29, 0.717) is 13.0 Å². The highest BCUT2D eigenvalue weighted by Gasteiger charge is 1.98. The van der Waals surface area contributed by atoms with Crippen LogP contribution < -0.4 is 4.74 Å². The lowest BCUT2D eigenvalue weighted by Crippen LogP contribution is -2.25. The summed E-state index contributed by atoms with van der Waals surface area (Å²) in [6, 6.07) is 9.89. The number of hydrogen-bond donors (Lipinski definition) is 0. The molecule has 0 spiro atoms. The van der Waals surface area contributed by atoms with E-state index in [9.17, 15) is 0 Å². The van der Waals surface area contributed by atoms with Gasteiger partial charge in [0.05, 0.1) is 6.07 Å². The fourth-order valence-electron chi connectivity index (χ4n) is 1.20. The van der Waals surface area contributed by atoms with Gasteiger partial charge in [-0.15, -0.1) is 0 Å². The van der Waals surface area contributed by atoms with Gasteiger partial charge in [0.2, 0.25) is 0 Å². The Kier molecular flexibility index (Phi) is 5.91. The van der Waals surface area contributed by atoms with E-state index in [4.69, 9.17) is 10.00 Å². The molecule has 0 amide bonds. The Morgan fingerprint density at radius 2 is 2.00 bits per heavy atom. The van der Waals surface area contributed by atoms with Crippen LogP contribution in [0.5, 0.6) is 5.75 Å². The molecule has 4 heteroatoms. The summed E-state index contributed by atoms with van der Waals surface area (Å²) in [7, 11) is 1.99. The number of benzene rings is 1. The molecule has 0 fully saturated rings. The van der Waals surface area contributed by atoms with Crippen LogP contribution >= 0.6 is 15.9 Å². The normalized spacial score (nSPS) is 10.1. The third-order valence-electron chi connectivity index (χ3n) is 2.16. The van der Waals surface area contributed by atoms with Crippen molar-refractivity contribution in [3.05, 3.63) is 28.7 Å². The van der Waals surface area contributed by atoms with Crippen LogP contribution in [0.2, 0.25) is 0 Å². The minimum Gasteiger partial charge on any atom is -0.492 e. The van der Waals surface area contributed by atoms with Gasteiger partial charge in [-0.05, 0) is 31.3 Å². The van der Waals surface area contributed by atoms with E-state index in [-0.39, 0.29) is 0 Å². The maximum Gasteiger partial charge on any atom is 0.119 e. The fraction of sp³-hybridized carbons (Fsp3) is 0.417. The summed E-state index contributed by atoms with van der Waals surface area (Å²) in [5, 5.41) is 8.43. The van der Waals surface area contributed by atoms with Crippen molar-refractivity contribution in [2.45, 2.75) is 6.42 Å². The van der Waals surface area contributed by atoms with Gasteiger partial charge >= 0.3 is 0 Å². The second-order valence-electron chi connectivity index (χ2n) is 3.51. The van der Waals surface area contributed by atoms with Crippen molar-refractivity contribution in [1.82, 2.24) is 4.90 Å². The summed E-state index contributed by atoms with van der Waals surface area (Å²) in [4.78, 5) is 2.09. The lowest BCUT2D eigenvalue weighted by atomic mass is 10.3. The maximum atomic E-state index is 8.43. The molecule has 1 aromatic rings. The lowest BCUT2D eigenvalue weighted by Gasteiger charge is -2.15. The maximum absolute atomic E-state index is 8.43. The third-order valence-corrected chi connectivity index (χ3v) is 2.69. The van der Waals surface area contributed by atoms with E-state index >= 15 is 0 Å². The van der Waals surface area contributed by atoms with Crippen LogP contribution in [0.3, 0.4) is 0 Å². The van der Waals surface area contributed by atoms with Crippen molar-refractivity contribution in [1.29, 1.82) is 5.26 Å². The molecule has 0 unspecified atom stereocenters. The topological polar surface area (TPSA) is 36.3 Å². The predicted octanol–water partition coefficient (Wildman–Crippen LogP) is 2.67. The van der Waals surface area contributed by atoms with Crippen LogP contribution in [-0.2, 0) is 0 Å². The first-order valence-electron chi connectivity index (χ1n) is 5.16. The molecule has 1 aromatic carbocycles. The summed E-state index contributed by atoms with van der Waals surface area (Å²) < 4.78 is 6.61. The number of halogens is 1. The van der Waals surface area contributed by atoms with Gasteiger partial charge in [0, 0.05) is 24.0 Å². The van der Waals surface area contributed by atoms with Crippen LogP contribution in [0.4, 0.5) is 0 Å². The van der Waals surface area contributed by atoms with Gasteiger partial charge in [-0.3, -0.25) is 0 Å². The van der Waals surface area contributed by atoms with Crippen LogP contribution in [0.15, 0.2) is 28.7 Å². The molecule has 86 valence electrons. The molecule has 0 radical (unpaired) electrons. The monoisotopic (exact) mass is 282 g/mol. The number of ether oxygens (including phenoxy) is 1. The Balaban J connectivity index is 2.20. The SMILES string of the molecule is CN(CCC#N)CCOc1ccc(Br)cc1. The van der Waals surface area contributed by atoms with Crippen molar-refractivity contribution >= 4 is 15.9 Å². The number of nitriles is 1. The Morgan fingerprint density at radius 1 is 1.31 bits per heavy atom. The number of likely N-dealkylation sites (N-methyl/N-ethyl adjacent to an activating group) is 1. The number of rotatable bonds is 6. The molecule has 0 aliphatic carbocycles. The first-order chi connectivity index (χ1) is 7.72. The highest BCUT2D eigenvalue weighted by atomic mass is 79.9. The smallest absolute Gasteiger partial charge is 0.119 e. The molecule has 0 saturated carbocycles. The molecule has 0 aromatic heterocycles. The highest BCUT2D eigenvalue weighted by Crippen LogP contribution is 2.15. The van der Waals surface area contributed by atoms with Gasteiger partial charge in [-0.1, -0.05) is 15.9 Å². The van der Waals surface area contributed by atoms with E-state index in [0.717, 1.165) is 23.3 Å². The van der Waals surface area contributed by atoms with Crippen molar-refractivity contribution in [2.24, 2.45) is 0 Å². The summed E-state index contributed by atoms with van der Waals surface area (Å²) in [6.45, 7) is 2.27. The van der Waals surface area contributed by atoms with Crippen molar-refractivity contribution < 1.29 is 4.74 Å². The Hall–Kier alpha value is -1.05. The van der Waals surface area contributed by atoms with Gasteiger partial charge in [0.15, 0.2) is 0 Å². The molecule has 0 bridgehead atoms. The lowest BCUT2D eigenvalue weighted by molar-refractivity contribution is 0.240. The van der Waals surface area contributed by atoms with E-state index < -0.39 is 0 Å². The van der Waals surface area contributed by atoms with Crippen LogP contribution in [0.1, 0.15) is 6.42 Å².